The Kier molecular flexibility index (Phi) is 4.11. The van der Waals surface area contributed by atoms with E-state index in [9.17, 15) is 4.79 Å². The molecule has 1 fully saturated rings. The summed E-state index contributed by atoms with van der Waals surface area (Å²) >= 11 is 0. The fourth-order valence-corrected chi connectivity index (χ4v) is 3.78. The lowest BCUT2D eigenvalue weighted by Gasteiger charge is -2.29. The quantitative estimate of drug-likeness (QED) is 0.759. The summed E-state index contributed by atoms with van der Waals surface area (Å²) in [5.74, 6) is 2.25. The van der Waals surface area contributed by atoms with E-state index in [0.717, 1.165) is 29.1 Å². The van der Waals surface area contributed by atoms with E-state index in [1.807, 2.05) is 24.3 Å². The highest BCUT2D eigenvalue weighted by Gasteiger charge is 2.44. The van der Waals surface area contributed by atoms with Crippen molar-refractivity contribution in [1.82, 2.24) is 0 Å². The van der Waals surface area contributed by atoms with E-state index < -0.39 is 5.60 Å². The minimum Gasteiger partial charge on any atom is -0.489 e. The first-order chi connectivity index (χ1) is 12.6. The minimum atomic E-state index is -0.966. The average molecular weight is 354 g/mol. The van der Waals surface area contributed by atoms with Crippen LogP contribution in [0, 0.1) is 5.92 Å². The Hall–Kier alpha value is -2.53. The van der Waals surface area contributed by atoms with Crippen LogP contribution in [0.1, 0.15) is 18.9 Å². The van der Waals surface area contributed by atoms with Gasteiger partial charge in [0, 0.05) is 37.5 Å². The molecule has 0 radical (unpaired) electrons. The van der Waals surface area contributed by atoms with Crippen molar-refractivity contribution in [3.8, 4) is 11.5 Å². The van der Waals surface area contributed by atoms with Crippen LogP contribution in [0.3, 0.4) is 0 Å². The van der Waals surface area contributed by atoms with Gasteiger partial charge < -0.3 is 18.9 Å². The Labute approximate surface area is 152 Å². The molecule has 0 bridgehead atoms. The van der Waals surface area contributed by atoms with Crippen LogP contribution >= 0.6 is 0 Å². The molecule has 0 spiro atoms. The predicted octanol–water partition coefficient (Wildman–Crippen LogP) is 3.35. The number of methoxy groups -OCH3 is 1. The highest BCUT2D eigenvalue weighted by molar-refractivity contribution is 6.01. The lowest BCUT2D eigenvalue weighted by molar-refractivity contribution is -0.130. The molecule has 4 rings (SSSR count). The number of ether oxygens (including phenoxy) is 4. The van der Waals surface area contributed by atoms with Crippen molar-refractivity contribution < 1.29 is 23.7 Å². The molecule has 3 unspecified atom stereocenters. The minimum absolute atomic E-state index is 0.0444. The third kappa shape index (κ3) is 2.63. The smallest absolute Gasteiger partial charge is 0.231 e. The van der Waals surface area contributed by atoms with E-state index in [4.69, 9.17) is 18.9 Å². The number of carbonyl (C=O) groups excluding carboxylic acids is 1. The second-order valence-corrected chi connectivity index (χ2v) is 6.90. The SMILES string of the molecule is C=CCC1(OC)C=C2C(=CC1=O)OC(Cc1ccc3c(c1)OCO3)C2C. The number of benzene rings is 1. The Bertz CT molecular complexity index is 822. The van der Waals surface area contributed by atoms with Crippen molar-refractivity contribution >= 4 is 5.78 Å². The largest absolute Gasteiger partial charge is 0.489 e. The maximum Gasteiger partial charge on any atom is 0.231 e. The summed E-state index contributed by atoms with van der Waals surface area (Å²) in [6.45, 7) is 6.13. The van der Waals surface area contributed by atoms with Gasteiger partial charge in [-0.1, -0.05) is 19.1 Å². The second kappa shape index (κ2) is 6.32. The van der Waals surface area contributed by atoms with E-state index >= 15 is 0 Å². The summed E-state index contributed by atoms with van der Waals surface area (Å²) in [5.41, 5.74) is 1.17. The zero-order valence-corrected chi connectivity index (χ0v) is 15.0. The molecule has 26 heavy (non-hydrogen) atoms. The standard InChI is InChI=1S/C21H22O5/c1-4-7-21(23-3)11-15-13(2)17(26-18(15)10-20(21)22)8-14-5-6-16-19(9-14)25-12-24-16/h4-6,9-11,13,17H,1,7-8,12H2,2-3H3. The molecule has 0 aromatic heterocycles. The van der Waals surface area contributed by atoms with E-state index in [2.05, 4.69) is 13.5 Å². The molecule has 3 aliphatic rings. The van der Waals surface area contributed by atoms with Gasteiger partial charge in [0.15, 0.2) is 22.9 Å². The molecule has 2 aliphatic heterocycles. The van der Waals surface area contributed by atoms with Crippen LogP contribution in [-0.4, -0.2) is 31.4 Å². The number of ketones is 1. The van der Waals surface area contributed by atoms with Gasteiger partial charge in [-0.3, -0.25) is 4.79 Å². The van der Waals surface area contributed by atoms with Crippen LogP contribution in [0.25, 0.3) is 0 Å². The van der Waals surface area contributed by atoms with Crippen LogP contribution in [0.4, 0.5) is 0 Å². The number of rotatable bonds is 5. The number of allylic oxidation sites excluding steroid dienone is 1. The Balaban J connectivity index is 1.58. The molecule has 1 aromatic rings. The molecule has 0 amide bonds. The van der Waals surface area contributed by atoms with Crippen LogP contribution in [-0.2, 0) is 20.7 Å². The Morgan fingerprint density at radius 3 is 2.92 bits per heavy atom. The first-order valence-electron chi connectivity index (χ1n) is 8.77. The van der Waals surface area contributed by atoms with Gasteiger partial charge in [0.1, 0.15) is 11.9 Å². The maximum absolute atomic E-state index is 12.6. The van der Waals surface area contributed by atoms with Crippen molar-refractivity contribution in [1.29, 1.82) is 0 Å². The van der Waals surface area contributed by atoms with E-state index in [0.29, 0.717) is 12.2 Å². The summed E-state index contributed by atoms with van der Waals surface area (Å²) < 4.78 is 22.5. The Morgan fingerprint density at radius 2 is 2.15 bits per heavy atom. The fourth-order valence-electron chi connectivity index (χ4n) is 3.78. The molecular weight excluding hydrogens is 332 g/mol. The van der Waals surface area contributed by atoms with Crippen LogP contribution in [0.5, 0.6) is 11.5 Å². The number of hydrogen-bond acceptors (Lipinski definition) is 5. The monoisotopic (exact) mass is 354 g/mol. The third-order valence-corrected chi connectivity index (χ3v) is 5.36. The number of fused-ring (bicyclic) bond motifs is 2. The van der Waals surface area contributed by atoms with Crippen molar-refractivity contribution in [3.63, 3.8) is 0 Å². The van der Waals surface area contributed by atoms with Crippen LogP contribution < -0.4 is 9.47 Å². The van der Waals surface area contributed by atoms with Gasteiger partial charge in [-0.2, -0.15) is 0 Å². The molecule has 0 N–H and O–H groups in total. The molecule has 5 heteroatoms. The average Bonchev–Trinajstić information content (AvgIpc) is 3.21. The summed E-state index contributed by atoms with van der Waals surface area (Å²) in [4.78, 5) is 12.6. The lowest BCUT2D eigenvalue weighted by Crippen LogP contribution is -2.39. The van der Waals surface area contributed by atoms with Gasteiger partial charge in [0.2, 0.25) is 6.79 Å². The first kappa shape index (κ1) is 16.9. The molecule has 136 valence electrons. The second-order valence-electron chi connectivity index (χ2n) is 6.90. The first-order valence-corrected chi connectivity index (χ1v) is 8.77. The van der Waals surface area contributed by atoms with Gasteiger partial charge in [0.05, 0.1) is 0 Å². The summed E-state index contributed by atoms with van der Waals surface area (Å²) in [6.07, 6.45) is 6.31. The van der Waals surface area contributed by atoms with Crippen molar-refractivity contribution in [3.05, 3.63) is 59.9 Å². The predicted molar refractivity (Wildman–Crippen MR) is 96.0 cm³/mol. The van der Waals surface area contributed by atoms with E-state index in [1.54, 1.807) is 19.3 Å². The van der Waals surface area contributed by atoms with E-state index in [1.165, 1.54) is 0 Å². The summed E-state index contributed by atoms with van der Waals surface area (Å²) in [6, 6.07) is 5.94. The zero-order chi connectivity index (χ0) is 18.3. The summed E-state index contributed by atoms with van der Waals surface area (Å²) in [5, 5.41) is 0. The zero-order valence-electron chi connectivity index (χ0n) is 15.0. The molecule has 0 saturated carbocycles. The van der Waals surface area contributed by atoms with Crippen LogP contribution in [0.15, 0.2) is 54.3 Å². The van der Waals surface area contributed by atoms with Crippen LogP contribution in [0.2, 0.25) is 0 Å². The molecule has 5 nitrogen and oxygen atoms in total. The Morgan fingerprint density at radius 1 is 1.35 bits per heavy atom. The number of hydrogen-bond donors (Lipinski definition) is 0. The van der Waals surface area contributed by atoms with Crippen molar-refractivity contribution in [2.24, 2.45) is 5.92 Å². The molecule has 3 atom stereocenters. The van der Waals surface area contributed by atoms with Gasteiger partial charge >= 0.3 is 0 Å². The van der Waals surface area contributed by atoms with E-state index in [-0.39, 0.29) is 24.6 Å². The normalized spacial score (nSPS) is 28.9. The molecule has 1 aliphatic carbocycles. The topological polar surface area (TPSA) is 54.0 Å². The van der Waals surface area contributed by atoms with Gasteiger partial charge in [0.25, 0.3) is 0 Å². The van der Waals surface area contributed by atoms with Gasteiger partial charge in [-0.25, -0.2) is 0 Å². The third-order valence-electron chi connectivity index (χ3n) is 5.36. The fraction of sp³-hybridized carbons (Fsp3) is 0.381. The molecule has 1 saturated heterocycles. The maximum atomic E-state index is 12.6. The summed E-state index contributed by atoms with van der Waals surface area (Å²) in [7, 11) is 1.56. The highest BCUT2D eigenvalue weighted by Crippen LogP contribution is 2.42. The van der Waals surface area contributed by atoms with Gasteiger partial charge in [-0.05, 0) is 23.8 Å². The molecular formula is C21H22O5. The highest BCUT2D eigenvalue weighted by atomic mass is 16.7. The van der Waals surface area contributed by atoms with Crippen molar-refractivity contribution in [2.75, 3.05) is 13.9 Å². The van der Waals surface area contributed by atoms with Crippen molar-refractivity contribution in [2.45, 2.75) is 31.5 Å². The number of carbonyl (C=O) groups is 1. The molecule has 1 aromatic carbocycles. The lowest BCUT2D eigenvalue weighted by atomic mass is 9.82. The van der Waals surface area contributed by atoms with Gasteiger partial charge in [-0.15, -0.1) is 6.58 Å². The molecule has 2 heterocycles.